The van der Waals surface area contributed by atoms with Crippen molar-refractivity contribution < 1.29 is 17.9 Å². The summed E-state index contributed by atoms with van der Waals surface area (Å²) in [5.74, 6) is 0.563. The lowest BCUT2D eigenvalue weighted by molar-refractivity contribution is -0.274. The van der Waals surface area contributed by atoms with Gasteiger partial charge in [0.25, 0.3) is 0 Å². The van der Waals surface area contributed by atoms with Crippen molar-refractivity contribution in [2.24, 2.45) is 5.92 Å². The number of nitrogens with one attached hydrogen (secondary N) is 1. The second kappa shape index (κ2) is 8.60. The molecule has 1 aromatic carbocycles. The number of benzene rings is 1. The number of alkyl halides is 3. The normalized spacial score (nSPS) is 17.1. The van der Waals surface area contributed by atoms with E-state index >= 15 is 0 Å². The number of likely N-dealkylation sites (tertiary alicyclic amines) is 1. The Hall–Kier alpha value is -0.980. The van der Waals surface area contributed by atoms with Crippen LogP contribution >= 0.6 is 12.4 Å². The summed E-state index contributed by atoms with van der Waals surface area (Å²) in [5, 5.41) is 3.20. The molecule has 126 valence electrons. The summed E-state index contributed by atoms with van der Waals surface area (Å²) >= 11 is 0. The van der Waals surface area contributed by atoms with Crippen molar-refractivity contribution in [2.75, 3.05) is 26.7 Å². The van der Waals surface area contributed by atoms with E-state index in [1.807, 2.05) is 7.05 Å². The Balaban J connectivity index is 0.00000242. The maximum absolute atomic E-state index is 12.1. The third-order valence-corrected chi connectivity index (χ3v) is 3.76. The van der Waals surface area contributed by atoms with Crippen molar-refractivity contribution in [3.8, 4) is 5.75 Å². The van der Waals surface area contributed by atoms with E-state index in [0.717, 1.165) is 50.5 Å². The van der Waals surface area contributed by atoms with Gasteiger partial charge in [-0.25, -0.2) is 0 Å². The highest BCUT2D eigenvalue weighted by Gasteiger charge is 2.31. The maximum Gasteiger partial charge on any atom is 0.573 e. The molecule has 1 saturated heterocycles. The lowest BCUT2D eigenvalue weighted by Crippen LogP contribution is -2.36. The molecule has 1 aliphatic heterocycles. The quantitative estimate of drug-likeness (QED) is 0.890. The Morgan fingerprint density at radius 1 is 1.18 bits per heavy atom. The van der Waals surface area contributed by atoms with Gasteiger partial charge in [0.05, 0.1) is 0 Å². The van der Waals surface area contributed by atoms with Crippen LogP contribution in [-0.4, -0.2) is 37.9 Å². The molecule has 0 amide bonds. The average Bonchev–Trinajstić information content (AvgIpc) is 2.42. The van der Waals surface area contributed by atoms with E-state index in [4.69, 9.17) is 0 Å². The van der Waals surface area contributed by atoms with Crippen LogP contribution in [0.2, 0.25) is 0 Å². The van der Waals surface area contributed by atoms with Crippen molar-refractivity contribution in [2.45, 2.75) is 25.7 Å². The largest absolute Gasteiger partial charge is 0.573 e. The molecule has 1 fully saturated rings. The van der Waals surface area contributed by atoms with Crippen molar-refractivity contribution in [3.05, 3.63) is 29.8 Å². The van der Waals surface area contributed by atoms with Gasteiger partial charge in [0.2, 0.25) is 0 Å². The molecule has 0 spiro atoms. The van der Waals surface area contributed by atoms with E-state index in [1.54, 1.807) is 12.1 Å². The summed E-state index contributed by atoms with van der Waals surface area (Å²) in [6, 6.07) is 6.13. The number of halogens is 4. The zero-order valence-electron chi connectivity index (χ0n) is 12.5. The Kier molecular flexibility index (Phi) is 7.45. The molecule has 1 heterocycles. The fraction of sp³-hybridized carbons (Fsp3) is 0.600. The van der Waals surface area contributed by atoms with Gasteiger partial charge in [0.15, 0.2) is 0 Å². The lowest BCUT2D eigenvalue weighted by Gasteiger charge is -2.31. The molecule has 0 atom stereocenters. The zero-order valence-corrected chi connectivity index (χ0v) is 13.3. The minimum atomic E-state index is -4.63. The van der Waals surface area contributed by atoms with Crippen LogP contribution in [0.3, 0.4) is 0 Å². The number of nitrogens with zero attached hydrogens (tertiary/aromatic N) is 1. The molecule has 22 heavy (non-hydrogen) atoms. The molecule has 2 rings (SSSR count). The molecule has 3 nitrogen and oxygen atoms in total. The number of hydrogen-bond donors (Lipinski definition) is 1. The van der Waals surface area contributed by atoms with E-state index in [1.165, 1.54) is 12.1 Å². The van der Waals surface area contributed by atoms with Crippen molar-refractivity contribution in [1.29, 1.82) is 0 Å². The summed E-state index contributed by atoms with van der Waals surface area (Å²) < 4.78 is 40.1. The second-order valence-electron chi connectivity index (χ2n) is 5.47. The van der Waals surface area contributed by atoms with Crippen LogP contribution in [0.25, 0.3) is 0 Å². The molecule has 0 unspecified atom stereocenters. The molecular weight excluding hydrogens is 317 g/mol. The molecular formula is C15H22ClF3N2O. The van der Waals surface area contributed by atoms with Crippen LogP contribution in [0.5, 0.6) is 5.75 Å². The van der Waals surface area contributed by atoms with Crippen molar-refractivity contribution in [1.82, 2.24) is 10.2 Å². The van der Waals surface area contributed by atoms with Crippen LogP contribution in [0.1, 0.15) is 18.4 Å². The first-order valence-corrected chi connectivity index (χ1v) is 7.18. The third-order valence-electron chi connectivity index (χ3n) is 3.76. The highest BCUT2D eigenvalue weighted by atomic mass is 35.5. The smallest absolute Gasteiger partial charge is 0.406 e. The third kappa shape index (κ3) is 6.42. The van der Waals surface area contributed by atoms with Crippen molar-refractivity contribution in [3.63, 3.8) is 0 Å². The van der Waals surface area contributed by atoms with Crippen LogP contribution in [-0.2, 0) is 6.54 Å². The van der Waals surface area contributed by atoms with Crippen LogP contribution < -0.4 is 10.1 Å². The predicted molar refractivity (Wildman–Crippen MR) is 82.3 cm³/mol. The first-order chi connectivity index (χ1) is 9.96. The van der Waals surface area contributed by atoms with Gasteiger partial charge in [-0.1, -0.05) is 12.1 Å². The molecule has 1 aromatic rings. The van der Waals surface area contributed by atoms with Crippen molar-refractivity contribution >= 4 is 12.4 Å². The van der Waals surface area contributed by atoms with E-state index < -0.39 is 6.36 Å². The summed E-state index contributed by atoms with van der Waals surface area (Å²) in [7, 11) is 1.97. The Labute approximate surface area is 135 Å². The SMILES string of the molecule is CNCC1CCN(Cc2ccc(OC(F)(F)F)cc2)CC1.Cl. The van der Waals surface area contributed by atoms with Gasteiger partial charge in [-0.3, -0.25) is 4.90 Å². The van der Waals surface area contributed by atoms with E-state index in [-0.39, 0.29) is 18.2 Å². The molecule has 0 aromatic heterocycles. The van der Waals surface area contributed by atoms with E-state index in [0.29, 0.717) is 0 Å². The first kappa shape index (κ1) is 19.1. The number of rotatable bonds is 5. The highest BCUT2D eigenvalue weighted by Crippen LogP contribution is 2.24. The Morgan fingerprint density at radius 3 is 2.27 bits per heavy atom. The highest BCUT2D eigenvalue weighted by molar-refractivity contribution is 5.85. The molecule has 0 radical (unpaired) electrons. The topological polar surface area (TPSA) is 24.5 Å². The van der Waals surface area contributed by atoms with Gasteiger partial charge in [-0.15, -0.1) is 25.6 Å². The van der Waals surface area contributed by atoms with Crippen LogP contribution in [0, 0.1) is 5.92 Å². The standard InChI is InChI=1S/C15H21F3N2O.ClH/c1-19-10-12-6-8-20(9-7-12)11-13-2-4-14(5-3-13)21-15(16,17)18;/h2-5,12,19H,6-11H2,1H3;1H. The van der Waals surface area contributed by atoms with Gasteiger partial charge in [-0.05, 0) is 63.1 Å². The summed E-state index contributed by atoms with van der Waals surface area (Å²) in [6.07, 6.45) is -2.30. The monoisotopic (exact) mass is 338 g/mol. The predicted octanol–water partition coefficient (Wildman–Crippen LogP) is 3.44. The lowest BCUT2D eigenvalue weighted by atomic mass is 9.96. The fourth-order valence-electron chi connectivity index (χ4n) is 2.69. The minimum absolute atomic E-state index is 0. The van der Waals surface area contributed by atoms with E-state index in [2.05, 4.69) is 15.0 Å². The molecule has 0 bridgehead atoms. The van der Waals surface area contributed by atoms with E-state index in [9.17, 15) is 13.2 Å². The number of piperidine rings is 1. The maximum atomic E-state index is 12.1. The molecule has 0 aliphatic carbocycles. The van der Waals surface area contributed by atoms with Gasteiger partial charge in [-0.2, -0.15) is 0 Å². The molecule has 1 N–H and O–H groups in total. The zero-order chi connectivity index (χ0) is 15.3. The van der Waals surface area contributed by atoms with Gasteiger partial charge in [0, 0.05) is 6.54 Å². The molecule has 7 heteroatoms. The van der Waals surface area contributed by atoms with Gasteiger partial charge >= 0.3 is 6.36 Å². The Morgan fingerprint density at radius 2 is 1.77 bits per heavy atom. The summed E-state index contributed by atoms with van der Waals surface area (Å²) in [6.45, 7) is 3.90. The first-order valence-electron chi connectivity index (χ1n) is 7.18. The Bertz CT molecular complexity index is 431. The number of ether oxygens (including phenoxy) is 1. The van der Waals surface area contributed by atoms with Gasteiger partial charge in [0.1, 0.15) is 5.75 Å². The minimum Gasteiger partial charge on any atom is -0.406 e. The summed E-state index contributed by atoms with van der Waals surface area (Å²) in [5.41, 5.74) is 1.01. The van der Waals surface area contributed by atoms with Gasteiger partial charge < -0.3 is 10.1 Å². The number of hydrogen-bond acceptors (Lipinski definition) is 3. The fourth-order valence-corrected chi connectivity index (χ4v) is 2.69. The molecule has 1 aliphatic rings. The average molecular weight is 339 g/mol. The second-order valence-corrected chi connectivity index (χ2v) is 5.47. The summed E-state index contributed by atoms with van der Waals surface area (Å²) in [4.78, 5) is 2.34. The molecule has 0 saturated carbocycles. The van der Waals surface area contributed by atoms with Crippen LogP contribution in [0.15, 0.2) is 24.3 Å². The van der Waals surface area contributed by atoms with Crippen LogP contribution in [0.4, 0.5) is 13.2 Å².